The Bertz CT molecular complexity index is 920. The van der Waals surface area contributed by atoms with E-state index in [0.29, 0.717) is 16.4 Å². The molecule has 30 heavy (non-hydrogen) atoms. The first-order valence-corrected chi connectivity index (χ1v) is 9.45. The number of carbonyl (C=O) groups excluding carboxylic acids is 2. The largest absolute Gasteiger partial charge is 0.481 e. The van der Waals surface area contributed by atoms with Crippen molar-refractivity contribution in [3.63, 3.8) is 0 Å². The van der Waals surface area contributed by atoms with Gasteiger partial charge in [0.05, 0.1) is 12.0 Å². The van der Waals surface area contributed by atoms with Gasteiger partial charge in [-0.1, -0.05) is 36.4 Å². The number of hydroxylamine groups is 2. The van der Waals surface area contributed by atoms with Gasteiger partial charge < -0.3 is 15.3 Å². The normalized spacial score (nSPS) is 17.7. The van der Waals surface area contributed by atoms with Crippen LogP contribution in [0.2, 0.25) is 0 Å². The molecule has 2 aromatic rings. The maximum absolute atomic E-state index is 13.2. The van der Waals surface area contributed by atoms with E-state index in [1.54, 1.807) is 74.5 Å². The lowest BCUT2D eigenvalue weighted by molar-refractivity contribution is -0.137. The molecule has 0 saturated carbocycles. The molecule has 0 aliphatic carbocycles. The zero-order valence-corrected chi connectivity index (χ0v) is 16.7. The van der Waals surface area contributed by atoms with Crippen molar-refractivity contribution < 1.29 is 24.7 Å². The zero-order chi connectivity index (χ0) is 21.9. The van der Waals surface area contributed by atoms with Crippen LogP contribution in [0.3, 0.4) is 0 Å². The lowest BCUT2D eigenvalue weighted by atomic mass is 9.99. The lowest BCUT2D eigenvalue weighted by Gasteiger charge is -2.38. The fourth-order valence-electron chi connectivity index (χ4n) is 3.59. The van der Waals surface area contributed by atoms with Crippen molar-refractivity contribution >= 4 is 29.4 Å². The number of anilines is 2. The standard InChI is InChI=1S/C21H24N4O5/c1-21(2)18(25(30)19(28)22-15-9-5-3-6-10-15)24(16-11-7-4-8-12-16)20(29)23(21)14-13-17(26)27/h3-12,18,30H,13-14H2,1-2H3,(H,22,28)(H,26,27)/t18-/m1/s1. The second-order valence-electron chi connectivity index (χ2n) is 7.45. The van der Waals surface area contributed by atoms with Gasteiger partial charge in [0, 0.05) is 17.9 Å². The highest BCUT2D eigenvalue weighted by molar-refractivity contribution is 5.98. The molecule has 1 aliphatic heterocycles. The van der Waals surface area contributed by atoms with Gasteiger partial charge in [0.1, 0.15) is 0 Å². The molecule has 0 radical (unpaired) electrons. The smallest absolute Gasteiger partial charge is 0.347 e. The van der Waals surface area contributed by atoms with Gasteiger partial charge in [0.15, 0.2) is 6.17 Å². The number of carbonyl (C=O) groups is 3. The van der Waals surface area contributed by atoms with Gasteiger partial charge in [-0.25, -0.2) is 9.59 Å². The molecule has 4 amide bonds. The van der Waals surface area contributed by atoms with E-state index in [1.165, 1.54) is 9.80 Å². The highest BCUT2D eigenvalue weighted by Gasteiger charge is 2.55. The first-order chi connectivity index (χ1) is 14.2. The number of nitrogens with zero attached hydrogens (tertiary/aromatic N) is 3. The van der Waals surface area contributed by atoms with E-state index in [0.717, 1.165) is 0 Å². The van der Waals surface area contributed by atoms with Crippen LogP contribution >= 0.6 is 0 Å². The third kappa shape index (κ3) is 4.06. The summed E-state index contributed by atoms with van der Waals surface area (Å²) >= 11 is 0. The Morgan fingerprint density at radius 2 is 1.63 bits per heavy atom. The second kappa shape index (κ2) is 8.42. The molecular weight excluding hydrogens is 388 g/mol. The summed E-state index contributed by atoms with van der Waals surface area (Å²) in [5.41, 5.74) is -0.117. The summed E-state index contributed by atoms with van der Waals surface area (Å²) in [6, 6.07) is 15.9. The topological polar surface area (TPSA) is 113 Å². The van der Waals surface area contributed by atoms with Crippen LogP contribution in [0.4, 0.5) is 21.0 Å². The number of para-hydroxylation sites is 2. The SMILES string of the molecule is CC1(C)[C@@H](N(O)C(=O)Nc2ccccc2)N(c2ccccc2)C(=O)N1CCC(=O)O. The van der Waals surface area contributed by atoms with Gasteiger partial charge in [0.25, 0.3) is 0 Å². The first kappa shape index (κ1) is 21.1. The van der Waals surface area contributed by atoms with Crippen molar-refractivity contribution in [3.8, 4) is 0 Å². The summed E-state index contributed by atoms with van der Waals surface area (Å²) in [4.78, 5) is 39.7. The average molecular weight is 412 g/mol. The number of urea groups is 2. The second-order valence-corrected chi connectivity index (χ2v) is 7.45. The molecular formula is C21H24N4O5. The van der Waals surface area contributed by atoms with Crippen molar-refractivity contribution in [2.45, 2.75) is 32.0 Å². The average Bonchev–Trinajstić information content (AvgIpc) is 2.92. The number of carboxylic acid groups (broad SMARTS) is 1. The van der Waals surface area contributed by atoms with E-state index in [2.05, 4.69) is 5.32 Å². The molecule has 0 bridgehead atoms. The van der Waals surface area contributed by atoms with Crippen molar-refractivity contribution in [2.24, 2.45) is 0 Å². The predicted octanol–water partition coefficient (Wildman–Crippen LogP) is 3.43. The molecule has 1 fully saturated rings. The van der Waals surface area contributed by atoms with Crippen LogP contribution in [0.5, 0.6) is 0 Å². The maximum Gasteiger partial charge on any atom is 0.347 e. The number of nitrogens with one attached hydrogen (secondary N) is 1. The van der Waals surface area contributed by atoms with E-state index in [1.807, 2.05) is 0 Å². The highest BCUT2D eigenvalue weighted by Crippen LogP contribution is 2.37. The predicted molar refractivity (Wildman–Crippen MR) is 110 cm³/mol. The van der Waals surface area contributed by atoms with Crippen molar-refractivity contribution in [1.29, 1.82) is 0 Å². The molecule has 1 aliphatic rings. The monoisotopic (exact) mass is 412 g/mol. The number of rotatable bonds is 6. The molecule has 0 aromatic heterocycles. The Hall–Kier alpha value is -3.59. The van der Waals surface area contributed by atoms with Gasteiger partial charge in [-0.05, 0) is 38.1 Å². The van der Waals surface area contributed by atoms with Crippen LogP contribution in [0.15, 0.2) is 60.7 Å². The summed E-state index contributed by atoms with van der Waals surface area (Å²) < 4.78 is 0. The number of hydrogen-bond acceptors (Lipinski definition) is 4. The van der Waals surface area contributed by atoms with Gasteiger partial charge >= 0.3 is 18.0 Å². The number of amides is 4. The molecule has 9 nitrogen and oxygen atoms in total. The zero-order valence-electron chi connectivity index (χ0n) is 16.7. The molecule has 1 saturated heterocycles. The van der Waals surface area contributed by atoms with E-state index >= 15 is 0 Å². The molecule has 0 spiro atoms. The Morgan fingerprint density at radius 1 is 1.07 bits per heavy atom. The fraction of sp³-hybridized carbons (Fsp3) is 0.286. The minimum Gasteiger partial charge on any atom is -0.481 e. The van der Waals surface area contributed by atoms with Gasteiger partial charge in [-0.15, -0.1) is 0 Å². The van der Waals surface area contributed by atoms with Crippen LogP contribution in [-0.4, -0.2) is 56.6 Å². The lowest BCUT2D eigenvalue weighted by Crippen LogP contribution is -2.58. The quantitative estimate of drug-likeness (QED) is 0.497. The van der Waals surface area contributed by atoms with Crippen LogP contribution in [0, 0.1) is 0 Å². The van der Waals surface area contributed by atoms with Crippen LogP contribution in [-0.2, 0) is 4.79 Å². The fourth-order valence-corrected chi connectivity index (χ4v) is 3.59. The summed E-state index contributed by atoms with van der Waals surface area (Å²) in [6.07, 6.45) is -1.35. The summed E-state index contributed by atoms with van der Waals surface area (Å²) in [5, 5.41) is 23.0. The molecule has 0 unspecified atom stereocenters. The summed E-state index contributed by atoms with van der Waals surface area (Å²) in [5.74, 6) is -1.05. The van der Waals surface area contributed by atoms with Crippen molar-refractivity contribution in [1.82, 2.24) is 9.96 Å². The van der Waals surface area contributed by atoms with Crippen LogP contribution in [0.25, 0.3) is 0 Å². The molecule has 1 heterocycles. The van der Waals surface area contributed by atoms with E-state index < -0.39 is 29.7 Å². The number of aliphatic carboxylic acids is 1. The van der Waals surface area contributed by atoms with Gasteiger partial charge in [-0.2, -0.15) is 5.06 Å². The van der Waals surface area contributed by atoms with Crippen LogP contribution < -0.4 is 10.2 Å². The third-order valence-corrected chi connectivity index (χ3v) is 5.06. The van der Waals surface area contributed by atoms with Crippen molar-refractivity contribution in [3.05, 3.63) is 60.7 Å². The van der Waals surface area contributed by atoms with E-state index in [-0.39, 0.29) is 13.0 Å². The molecule has 1 atom stereocenters. The van der Waals surface area contributed by atoms with Gasteiger partial charge in [0.2, 0.25) is 0 Å². The molecule has 9 heteroatoms. The van der Waals surface area contributed by atoms with Gasteiger partial charge in [-0.3, -0.25) is 14.9 Å². The Morgan fingerprint density at radius 3 is 2.20 bits per heavy atom. The van der Waals surface area contributed by atoms with E-state index in [4.69, 9.17) is 5.11 Å². The molecule has 3 rings (SSSR count). The molecule has 2 aromatic carbocycles. The summed E-state index contributed by atoms with van der Waals surface area (Å²) in [7, 11) is 0. The molecule has 158 valence electrons. The molecule has 3 N–H and O–H groups in total. The maximum atomic E-state index is 13.2. The first-order valence-electron chi connectivity index (χ1n) is 9.45. The summed E-state index contributed by atoms with van der Waals surface area (Å²) in [6.45, 7) is 3.30. The minimum atomic E-state index is -1.09. The van der Waals surface area contributed by atoms with Crippen molar-refractivity contribution in [2.75, 3.05) is 16.8 Å². The van der Waals surface area contributed by atoms with E-state index in [9.17, 15) is 19.6 Å². The highest BCUT2D eigenvalue weighted by atomic mass is 16.5. The Balaban J connectivity index is 1.95. The number of hydrogen-bond donors (Lipinski definition) is 3. The Labute approximate surface area is 174 Å². The third-order valence-electron chi connectivity index (χ3n) is 5.06. The number of benzene rings is 2. The Kier molecular flexibility index (Phi) is 5.93. The minimum absolute atomic E-state index is 0.0604. The van der Waals surface area contributed by atoms with Crippen LogP contribution in [0.1, 0.15) is 20.3 Å². The number of carboxylic acids is 1.